The lowest BCUT2D eigenvalue weighted by molar-refractivity contribution is 0.0909. The van der Waals surface area contributed by atoms with Crippen molar-refractivity contribution in [2.24, 2.45) is 5.92 Å². The number of H-pyrrole nitrogens is 1. The van der Waals surface area contributed by atoms with Gasteiger partial charge in [-0.2, -0.15) is 0 Å². The maximum absolute atomic E-state index is 11.8. The van der Waals surface area contributed by atoms with Crippen LogP contribution >= 0.6 is 0 Å². The van der Waals surface area contributed by atoms with E-state index in [1.165, 1.54) is 19.2 Å². The number of nitrogens with one attached hydrogen (secondary N) is 2. The summed E-state index contributed by atoms with van der Waals surface area (Å²) >= 11 is 0. The summed E-state index contributed by atoms with van der Waals surface area (Å²) in [7, 11) is 1.73. The zero-order chi connectivity index (χ0) is 13.5. The van der Waals surface area contributed by atoms with Gasteiger partial charge in [0.15, 0.2) is 0 Å². The van der Waals surface area contributed by atoms with Gasteiger partial charge in [0.25, 0.3) is 5.91 Å². The molecule has 0 saturated carbocycles. The van der Waals surface area contributed by atoms with Crippen molar-refractivity contribution in [3.8, 4) is 0 Å². The maximum Gasteiger partial charge on any atom is 0.269 e. The Morgan fingerprint density at radius 2 is 2.58 bits per heavy atom. The number of piperidine rings is 1. The number of amides is 1. The van der Waals surface area contributed by atoms with Crippen LogP contribution in [0.25, 0.3) is 0 Å². The number of aromatic amines is 1. The Balaban J connectivity index is 1.72. The fourth-order valence-electron chi connectivity index (χ4n) is 2.45. The van der Waals surface area contributed by atoms with Crippen molar-refractivity contribution in [1.82, 2.24) is 20.2 Å². The summed E-state index contributed by atoms with van der Waals surface area (Å²) in [4.78, 5) is 20.8. The molecule has 1 unspecified atom stereocenters. The molecule has 0 spiro atoms. The first-order chi connectivity index (χ1) is 9.29. The van der Waals surface area contributed by atoms with E-state index in [1.807, 2.05) is 0 Å². The molecule has 1 fully saturated rings. The number of imidazole rings is 1. The molecule has 0 bridgehead atoms. The van der Waals surface area contributed by atoms with E-state index < -0.39 is 0 Å². The Bertz CT molecular complexity index is 380. The lowest BCUT2D eigenvalue weighted by Gasteiger charge is -2.32. The summed E-state index contributed by atoms with van der Waals surface area (Å²) in [5.41, 5.74) is 0.520. The predicted octanol–water partition coefficient (Wildman–Crippen LogP) is 0.498. The number of likely N-dealkylation sites (tertiary alicyclic amines) is 1. The first-order valence-corrected chi connectivity index (χ1v) is 6.77. The van der Waals surface area contributed by atoms with Gasteiger partial charge in [0.1, 0.15) is 5.69 Å². The van der Waals surface area contributed by atoms with Gasteiger partial charge < -0.3 is 19.9 Å². The third-order valence-electron chi connectivity index (χ3n) is 3.51. The van der Waals surface area contributed by atoms with Crippen LogP contribution in [0.3, 0.4) is 0 Å². The molecule has 1 atom stereocenters. The first-order valence-electron chi connectivity index (χ1n) is 6.77. The van der Waals surface area contributed by atoms with Crippen LogP contribution in [-0.2, 0) is 4.74 Å². The van der Waals surface area contributed by atoms with Crippen LogP contribution in [0, 0.1) is 5.92 Å². The third kappa shape index (κ3) is 4.33. The van der Waals surface area contributed by atoms with Crippen molar-refractivity contribution >= 4 is 5.91 Å². The normalized spacial score (nSPS) is 20.4. The molecule has 2 N–H and O–H groups in total. The Morgan fingerprint density at radius 3 is 3.32 bits per heavy atom. The van der Waals surface area contributed by atoms with Crippen molar-refractivity contribution in [2.45, 2.75) is 12.8 Å². The Hall–Kier alpha value is -1.40. The molecule has 1 amide bonds. The monoisotopic (exact) mass is 266 g/mol. The topological polar surface area (TPSA) is 70.2 Å². The second-order valence-electron chi connectivity index (χ2n) is 4.98. The van der Waals surface area contributed by atoms with Crippen LogP contribution in [0.15, 0.2) is 12.5 Å². The molecule has 1 aromatic heterocycles. The highest BCUT2D eigenvalue weighted by Crippen LogP contribution is 2.15. The quantitative estimate of drug-likeness (QED) is 0.786. The number of hydrogen-bond donors (Lipinski definition) is 2. The molecule has 1 aliphatic rings. The number of ether oxygens (including phenoxy) is 1. The zero-order valence-electron chi connectivity index (χ0n) is 11.4. The maximum atomic E-state index is 11.8. The molecule has 6 nitrogen and oxygen atoms in total. The SMILES string of the molecule is COCCN1CCCC(CNC(=O)c2cnc[nH]2)C1. The fraction of sp³-hybridized carbons (Fsp3) is 0.692. The van der Waals surface area contributed by atoms with E-state index in [-0.39, 0.29) is 5.91 Å². The van der Waals surface area contributed by atoms with E-state index >= 15 is 0 Å². The highest BCUT2D eigenvalue weighted by atomic mass is 16.5. The average Bonchev–Trinajstić information content (AvgIpc) is 2.97. The third-order valence-corrected chi connectivity index (χ3v) is 3.51. The molecule has 1 saturated heterocycles. The second-order valence-corrected chi connectivity index (χ2v) is 4.98. The lowest BCUT2D eigenvalue weighted by Crippen LogP contribution is -2.42. The van der Waals surface area contributed by atoms with Gasteiger partial charge in [0, 0.05) is 26.7 Å². The molecular weight excluding hydrogens is 244 g/mol. The second kappa shape index (κ2) is 7.25. The van der Waals surface area contributed by atoms with Crippen LogP contribution in [0.2, 0.25) is 0 Å². The Labute approximate surface area is 113 Å². The largest absolute Gasteiger partial charge is 0.383 e. The van der Waals surface area contributed by atoms with Crippen LogP contribution in [0.4, 0.5) is 0 Å². The molecule has 0 aromatic carbocycles. The van der Waals surface area contributed by atoms with Crippen molar-refractivity contribution in [3.63, 3.8) is 0 Å². The number of carbonyl (C=O) groups excluding carboxylic acids is 1. The van der Waals surface area contributed by atoms with Crippen molar-refractivity contribution < 1.29 is 9.53 Å². The molecule has 6 heteroatoms. The van der Waals surface area contributed by atoms with E-state index in [0.29, 0.717) is 11.6 Å². The molecule has 19 heavy (non-hydrogen) atoms. The predicted molar refractivity (Wildman–Crippen MR) is 72.0 cm³/mol. The summed E-state index contributed by atoms with van der Waals surface area (Å²) in [6, 6.07) is 0. The average molecular weight is 266 g/mol. The van der Waals surface area contributed by atoms with Crippen LogP contribution in [0.5, 0.6) is 0 Å². The van der Waals surface area contributed by atoms with E-state index in [0.717, 1.165) is 32.8 Å². The van der Waals surface area contributed by atoms with Gasteiger partial charge in [0.2, 0.25) is 0 Å². The summed E-state index contributed by atoms with van der Waals surface area (Å²) in [6.07, 6.45) is 5.42. The van der Waals surface area contributed by atoms with Gasteiger partial charge in [-0.1, -0.05) is 0 Å². The minimum atomic E-state index is -0.0773. The van der Waals surface area contributed by atoms with Gasteiger partial charge in [-0.3, -0.25) is 4.79 Å². The molecule has 0 radical (unpaired) electrons. The van der Waals surface area contributed by atoms with Crippen molar-refractivity contribution in [1.29, 1.82) is 0 Å². The zero-order valence-corrected chi connectivity index (χ0v) is 11.4. The first kappa shape index (κ1) is 14.0. The molecule has 1 aromatic rings. The standard InChI is InChI=1S/C13H22N4O2/c1-19-6-5-17-4-2-3-11(9-17)7-15-13(18)12-8-14-10-16-12/h8,10-11H,2-7,9H2,1H3,(H,14,16)(H,15,18). The molecule has 1 aliphatic heterocycles. The van der Waals surface area contributed by atoms with Crippen LogP contribution in [-0.4, -0.2) is 60.7 Å². The summed E-state index contributed by atoms with van der Waals surface area (Å²) < 4.78 is 5.10. The van der Waals surface area contributed by atoms with E-state index in [4.69, 9.17) is 4.74 Å². The van der Waals surface area contributed by atoms with Gasteiger partial charge in [-0.05, 0) is 25.3 Å². The van der Waals surface area contributed by atoms with Gasteiger partial charge in [-0.25, -0.2) is 4.98 Å². The van der Waals surface area contributed by atoms with Crippen LogP contribution in [0.1, 0.15) is 23.3 Å². The summed E-state index contributed by atoms with van der Waals surface area (Å²) in [5, 5.41) is 2.96. The van der Waals surface area contributed by atoms with Gasteiger partial charge in [-0.15, -0.1) is 0 Å². The number of methoxy groups -OCH3 is 1. The number of carbonyl (C=O) groups is 1. The van der Waals surface area contributed by atoms with Gasteiger partial charge in [0.05, 0.1) is 19.1 Å². The molecular formula is C13H22N4O2. The summed E-state index contributed by atoms with van der Waals surface area (Å²) in [6.45, 7) is 4.64. The highest BCUT2D eigenvalue weighted by Gasteiger charge is 2.20. The molecule has 2 heterocycles. The number of aromatic nitrogens is 2. The van der Waals surface area contributed by atoms with Crippen LogP contribution < -0.4 is 5.32 Å². The smallest absolute Gasteiger partial charge is 0.269 e. The highest BCUT2D eigenvalue weighted by molar-refractivity contribution is 5.91. The Kier molecular flexibility index (Phi) is 5.35. The number of nitrogens with zero attached hydrogens (tertiary/aromatic N) is 2. The molecule has 0 aliphatic carbocycles. The van der Waals surface area contributed by atoms with Gasteiger partial charge >= 0.3 is 0 Å². The van der Waals surface area contributed by atoms with E-state index in [2.05, 4.69) is 20.2 Å². The van der Waals surface area contributed by atoms with E-state index in [1.54, 1.807) is 13.3 Å². The fourth-order valence-corrected chi connectivity index (χ4v) is 2.45. The van der Waals surface area contributed by atoms with Crippen molar-refractivity contribution in [2.75, 3.05) is 39.9 Å². The lowest BCUT2D eigenvalue weighted by atomic mass is 9.98. The van der Waals surface area contributed by atoms with E-state index in [9.17, 15) is 4.79 Å². The summed E-state index contributed by atoms with van der Waals surface area (Å²) in [5.74, 6) is 0.448. The Morgan fingerprint density at radius 1 is 1.68 bits per heavy atom. The number of rotatable bonds is 6. The molecule has 2 rings (SSSR count). The van der Waals surface area contributed by atoms with Crippen molar-refractivity contribution in [3.05, 3.63) is 18.2 Å². The molecule has 106 valence electrons. The minimum absolute atomic E-state index is 0.0773. The number of hydrogen-bond acceptors (Lipinski definition) is 4. The minimum Gasteiger partial charge on any atom is -0.383 e.